The second-order valence-corrected chi connectivity index (χ2v) is 3.47. The summed E-state index contributed by atoms with van der Waals surface area (Å²) in [5.41, 5.74) is 0. The van der Waals surface area contributed by atoms with Gasteiger partial charge in [0.05, 0.1) is 0 Å². The first-order valence-corrected chi connectivity index (χ1v) is 5.37. The van der Waals surface area contributed by atoms with E-state index in [1.54, 1.807) is 0 Å². The number of alkyl halides is 3. The van der Waals surface area contributed by atoms with Crippen LogP contribution < -0.4 is 5.32 Å². The van der Waals surface area contributed by atoms with Gasteiger partial charge in [-0.15, -0.1) is 0 Å². The molecule has 0 aliphatic heterocycles. The van der Waals surface area contributed by atoms with Gasteiger partial charge in [-0.1, -0.05) is 6.92 Å². The molecule has 0 aliphatic carbocycles. The molecule has 1 unspecified atom stereocenters. The highest BCUT2D eigenvalue weighted by Crippen LogP contribution is 2.22. The maximum Gasteiger partial charge on any atom is 0.414 e. The van der Waals surface area contributed by atoms with Crippen molar-refractivity contribution in [2.45, 2.75) is 45.4 Å². The standard InChI is InChI=1S/C10H20F3NO/c1-3-14-7-5-4-6-8-15-9(2)10(11,12)13/h9,14H,3-8H2,1-2H3. The molecule has 2 nitrogen and oxygen atoms in total. The lowest BCUT2D eigenvalue weighted by Crippen LogP contribution is -2.28. The quantitative estimate of drug-likeness (QED) is 0.644. The summed E-state index contributed by atoms with van der Waals surface area (Å²) in [4.78, 5) is 0. The Hall–Kier alpha value is -0.290. The van der Waals surface area contributed by atoms with E-state index in [1.807, 2.05) is 6.92 Å². The lowest BCUT2D eigenvalue weighted by Gasteiger charge is -2.16. The smallest absolute Gasteiger partial charge is 0.369 e. The van der Waals surface area contributed by atoms with Crippen LogP contribution in [0.2, 0.25) is 0 Å². The fourth-order valence-electron chi connectivity index (χ4n) is 1.06. The summed E-state index contributed by atoms with van der Waals surface area (Å²) < 4.78 is 40.6. The van der Waals surface area contributed by atoms with Gasteiger partial charge in [-0.3, -0.25) is 0 Å². The molecule has 0 saturated heterocycles. The Bertz CT molecular complexity index is 150. The molecule has 1 N–H and O–H groups in total. The Kier molecular flexibility index (Phi) is 7.78. The molecule has 0 aromatic rings. The molecular weight excluding hydrogens is 207 g/mol. The van der Waals surface area contributed by atoms with E-state index in [0.29, 0.717) is 6.42 Å². The predicted molar refractivity (Wildman–Crippen MR) is 53.9 cm³/mol. The van der Waals surface area contributed by atoms with Gasteiger partial charge in [-0.05, 0) is 39.3 Å². The molecule has 0 saturated carbocycles. The molecule has 0 spiro atoms. The Labute approximate surface area is 89.2 Å². The molecule has 0 fully saturated rings. The van der Waals surface area contributed by atoms with Gasteiger partial charge >= 0.3 is 6.18 Å². The van der Waals surface area contributed by atoms with Gasteiger partial charge in [0.15, 0.2) is 6.10 Å². The Morgan fingerprint density at radius 3 is 2.40 bits per heavy atom. The maximum atomic E-state index is 12.0. The van der Waals surface area contributed by atoms with Gasteiger partial charge in [0.2, 0.25) is 0 Å². The van der Waals surface area contributed by atoms with Crippen molar-refractivity contribution in [2.75, 3.05) is 19.7 Å². The summed E-state index contributed by atoms with van der Waals surface area (Å²) in [5.74, 6) is 0. The molecule has 15 heavy (non-hydrogen) atoms. The second-order valence-electron chi connectivity index (χ2n) is 3.47. The van der Waals surface area contributed by atoms with Crippen molar-refractivity contribution in [3.8, 4) is 0 Å². The molecule has 1 atom stereocenters. The number of nitrogens with one attached hydrogen (secondary N) is 1. The molecule has 0 amide bonds. The summed E-state index contributed by atoms with van der Waals surface area (Å²) in [7, 11) is 0. The third kappa shape index (κ3) is 8.69. The van der Waals surface area contributed by atoms with Crippen LogP contribution in [0.25, 0.3) is 0 Å². The van der Waals surface area contributed by atoms with Gasteiger partial charge in [-0.2, -0.15) is 13.2 Å². The van der Waals surface area contributed by atoms with Crippen LogP contribution in [0.4, 0.5) is 13.2 Å². The van der Waals surface area contributed by atoms with Gasteiger partial charge in [0, 0.05) is 6.61 Å². The predicted octanol–water partition coefficient (Wildman–Crippen LogP) is 2.73. The number of ether oxygens (including phenoxy) is 1. The first-order valence-electron chi connectivity index (χ1n) is 5.37. The van der Waals surface area contributed by atoms with Gasteiger partial charge in [-0.25, -0.2) is 0 Å². The number of hydrogen-bond acceptors (Lipinski definition) is 2. The van der Waals surface area contributed by atoms with E-state index >= 15 is 0 Å². The minimum Gasteiger partial charge on any atom is -0.369 e. The number of halogens is 3. The highest BCUT2D eigenvalue weighted by Gasteiger charge is 2.36. The third-order valence-electron chi connectivity index (χ3n) is 2.08. The van der Waals surface area contributed by atoms with Crippen LogP contribution >= 0.6 is 0 Å². The highest BCUT2D eigenvalue weighted by molar-refractivity contribution is 4.60. The zero-order chi connectivity index (χ0) is 11.7. The summed E-state index contributed by atoms with van der Waals surface area (Å²) in [6, 6.07) is 0. The minimum absolute atomic E-state index is 0.187. The topological polar surface area (TPSA) is 21.3 Å². The lowest BCUT2D eigenvalue weighted by molar-refractivity contribution is -0.214. The van der Waals surface area contributed by atoms with Crippen molar-refractivity contribution in [2.24, 2.45) is 0 Å². The number of hydrogen-bond donors (Lipinski definition) is 1. The second kappa shape index (κ2) is 7.93. The van der Waals surface area contributed by atoms with Crippen LogP contribution in [-0.2, 0) is 4.74 Å². The van der Waals surface area contributed by atoms with E-state index in [0.717, 1.165) is 32.9 Å². The van der Waals surface area contributed by atoms with Gasteiger partial charge in [0.1, 0.15) is 0 Å². The van der Waals surface area contributed by atoms with Crippen molar-refractivity contribution < 1.29 is 17.9 Å². The van der Waals surface area contributed by atoms with Gasteiger partial charge < -0.3 is 10.1 Å². The summed E-state index contributed by atoms with van der Waals surface area (Å²) >= 11 is 0. The summed E-state index contributed by atoms with van der Waals surface area (Å²) in [6.45, 7) is 5.10. The Morgan fingerprint density at radius 2 is 1.87 bits per heavy atom. The van der Waals surface area contributed by atoms with E-state index in [4.69, 9.17) is 0 Å². The zero-order valence-corrected chi connectivity index (χ0v) is 9.36. The van der Waals surface area contributed by atoms with Crippen molar-refractivity contribution in [1.82, 2.24) is 5.32 Å². The molecule has 0 aromatic heterocycles. The molecule has 5 heteroatoms. The lowest BCUT2D eigenvalue weighted by atomic mass is 10.2. The maximum absolute atomic E-state index is 12.0. The number of unbranched alkanes of at least 4 members (excludes halogenated alkanes) is 2. The molecule has 0 bridgehead atoms. The average Bonchev–Trinajstić information content (AvgIpc) is 2.14. The molecular formula is C10H20F3NO. The minimum atomic E-state index is -4.23. The van der Waals surface area contributed by atoms with Crippen LogP contribution in [-0.4, -0.2) is 32.0 Å². The summed E-state index contributed by atoms with van der Waals surface area (Å²) in [5, 5.41) is 3.15. The fraction of sp³-hybridized carbons (Fsp3) is 1.00. The van der Waals surface area contributed by atoms with Gasteiger partial charge in [0.25, 0.3) is 0 Å². The van der Waals surface area contributed by atoms with E-state index in [9.17, 15) is 13.2 Å². The molecule has 0 radical (unpaired) electrons. The van der Waals surface area contributed by atoms with Crippen molar-refractivity contribution in [3.63, 3.8) is 0 Å². The normalized spacial score (nSPS) is 14.2. The summed E-state index contributed by atoms with van der Waals surface area (Å²) in [6.07, 6.45) is -3.31. The molecule has 0 heterocycles. The van der Waals surface area contributed by atoms with E-state index < -0.39 is 12.3 Å². The number of rotatable bonds is 8. The van der Waals surface area contributed by atoms with E-state index in [1.165, 1.54) is 0 Å². The Balaban J connectivity index is 3.24. The van der Waals surface area contributed by atoms with Crippen LogP contribution in [0.5, 0.6) is 0 Å². The monoisotopic (exact) mass is 227 g/mol. The van der Waals surface area contributed by atoms with E-state index in [-0.39, 0.29) is 6.61 Å². The SMILES string of the molecule is CCNCCCCCOC(C)C(F)(F)F. The zero-order valence-electron chi connectivity index (χ0n) is 9.36. The molecule has 0 rings (SSSR count). The van der Waals surface area contributed by atoms with Crippen molar-refractivity contribution >= 4 is 0 Å². The van der Waals surface area contributed by atoms with Crippen molar-refractivity contribution in [3.05, 3.63) is 0 Å². The molecule has 0 aromatic carbocycles. The third-order valence-corrected chi connectivity index (χ3v) is 2.08. The average molecular weight is 227 g/mol. The first-order chi connectivity index (χ1) is 6.98. The fourth-order valence-corrected chi connectivity index (χ4v) is 1.06. The van der Waals surface area contributed by atoms with E-state index in [2.05, 4.69) is 10.1 Å². The van der Waals surface area contributed by atoms with Crippen LogP contribution in [0.1, 0.15) is 33.1 Å². The molecule has 92 valence electrons. The Morgan fingerprint density at radius 1 is 1.20 bits per heavy atom. The van der Waals surface area contributed by atoms with Crippen LogP contribution in [0.15, 0.2) is 0 Å². The van der Waals surface area contributed by atoms with Crippen LogP contribution in [0.3, 0.4) is 0 Å². The van der Waals surface area contributed by atoms with Crippen LogP contribution in [0, 0.1) is 0 Å². The highest BCUT2D eigenvalue weighted by atomic mass is 19.4. The largest absolute Gasteiger partial charge is 0.414 e. The molecule has 0 aliphatic rings. The van der Waals surface area contributed by atoms with Crippen molar-refractivity contribution in [1.29, 1.82) is 0 Å². The first kappa shape index (κ1) is 14.7.